The first kappa shape index (κ1) is 54.1. The third kappa shape index (κ3) is 30.2. The number of allylic oxidation sites excluding steroid dienone is 4. The summed E-state index contributed by atoms with van der Waals surface area (Å²) in [5.74, 6) is -1.98. The maximum absolute atomic E-state index is 12.8. The van der Waals surface area contributed by atoms with E-state index in [9.17, 15) is 37.9 Å². The number of ether oxygens (including phenoxy) is 4. The quantitative estimate of drug-likeness (QED) is 0.0200. The number of rotatable bonds is 38. The van der Waals surface area contributed by atoms with E-state index in [-0.39, 0.29) is 19.4 Å². The molecule has 0 aromatic heterocycles. The van der Waals surface area contributed by atoms with Crippen molar-refractivity contribution in [1.82, 2.24) is 0 Å². The van der Waals surface area contributed by atoms with Gasteiger partial charge in [-0.3, -0.25) is 14.1 Å². The molecule has 1 aliphatic rings. The number of hydrogen-bond donors (Lipinski definition) is 4. The van der Waals surface area contributed by atoms with E-state index in [1.165, 1.54) is 103 Å². The van der Waals surface area contributed by atoms with Crippen LogP contribution in [0.25, 0.3) is 0 Å². The topological polar surface area (TPSA) is 186 Å². The second kappa shape index (κ2) is 35.8. The predicted molar refractivity (Wildman–Crippen MR) is 229 cm³/mol. The number of esters is 2. The Balaban J connectivity index is 2.38. The number of aliphatic hydroxyl groups excluding tert-OH is 3. The van der Waals surface area contributed by atoms with Crippen LogP contribution in [0.1, 0.15) is 194 Å². The molecular weight excluding hydrogens is 765 g/mol. The average molecular weight is 847 g/mol. The fraction of sp³-hybridized carbons (Fsp3) is 0.867. The fourth-order valence-corrected chi connectivity index (χ4v) is 7.63. The van der Waals surface area contributed by atoms with Crippen LogP contribution in [0.15, 0.2) is 24.3 Å². The minimum atomic E-state index is -4.60. The van der Waals surface area contributed by atoms with Crippen LogP contribution in [-0.2, 0) is 38.7 Å². The maximum atomic E-state index is 12.8. The lowest BCUT2D eigenvalue weighted by atomic mass is 10.00. The Morgan fingerprint density at radius 2 is 1.03 bits per heavy atom. The maximum Gasteiger partial charge on any atom is 0.306 e. The lowest BCUT2D eigenvalue weighted by Gasteiger charge is -2.40. The van der Waals surface area contributed by atoms with Crippen LogP contribution >= 0.6 is 0 Å². The molecule has 4 N–H and O–H groups in total. The van der Waals surface area contributed by atoms with E-state index in [0.717, 1.165) is 51.4 Å². The molecule has 1 fully saturated rings. The molecule has 6 unspecified atom stereocenters. The Bertz CT molecular complexity index is 1180. The van der Waals surface area contributed by atoms with Crippen molar-refractivity contribution in [3.63, 3.8) is 0 Å². The van der Waals surface area contributed by atoms with Crippen molar-refractivity contribution in [3.05, 3.63) is 24.3 Å². The van der Waals surface area contributed by atoms with E-state index in [1.807, 2.05) is 0 Å². The average Bonchev–Trinajstić information content (AvgIpc) is 3.18. The van der Waals surface area contributed by atoms with Gasteiger partial charge in [-0.25, -0.2) is 0 Å². The smallest absolute Gasteiger partial charge is 0.306 e. The van der Waals surface area contributed by atoms with Crippen molar-refractivity contribution in [1.29, 1.82) is 0 Å². The molecule has 0 spiro atoms. The lowest BCUT2D eigenvalue weighted by molar-refractivity contribution is -0.297. The van der Waals surface area contributed by atoms with Gasteiger partial charge in [0.15, 0.2) is 12.4 Å². The van der Waals surface area contributed by atoms with Crippen LogP contribution < -0.4 is 0 Å². The summed E-state index contributed by atoms with van der Waals surface area (Å²) >= 11 is 0. The third-order valence-corrected chi connectivity index (χ3v) is 11.3. The summed E-state index contributed by atoms with van der Waals surface area (Å²) in [6.45, 7) is 3.72. The number of unbranched alkanes of at least 4 members (excludes halogenated alkanes) is 22. The van der Waals surface area contributed by atoms with Crippen molar-refractivity contribution < 1.29 is 56.8 Å². The summed E-state index contributed by atoms with van der Waals surface area (Å²) in [7, 11) is -4.60. The van der Waals surface area contributed by atoms with Crippen molar-refractivity contribution in [2.45, 2.75) is 230 Å². The fourth-order valence-electron chi connectivity index (χ4n) is 6.94. The van der Waals surface area contributed by atoms with Gasteiger partial charge in [0, 0.05) is 12.8 Å². The summed E-state index contributed by atoms with van der Waals surface area (Å²) in [6, 6.07) is 0. The Kier molecular flexibility index (Phi) is 33.5. The zero-order chi connectivity index (χ0) is 42.7. The second-order valence-electron chi connectivity index (χ2n) is 16.1. The van der Waals surface area contributed by atoms with Crippen LogP contribution in [0.4, 0.5) is 0 Å². The largest absolute Gasteiger partial charge is 0.462 e. The lowest BCUT2D eigenvalue weighted by Crippen LogP contribution is -2.60. The zero-order valence-electron chi connectivity index (χ0n) is 36.2. The SMILES string of the molecule is CCCCCCC/C=C\C/C=C\CCCCCCCCCCCC(=O)OC(COC(=O)CCCCCCCCCCC)COC1OC(CS(=O)(=O)O)C(O)C(O)C1O. The summed E-state index contributed by atoms with van der Waals surface area (Å²) < 4.78 is 54.0. The molecule has 1 heterocycles. The number of carbonyl (C=O) groups is 2. The molecule has 1 rings (SSSR count). The van der Waals surface area contributed by atoms with E-state index in [1.54, 1.807) is 0 Å². The van der Waals surface area contributed by atoms with Crippen LogP contribution in [0.5, 0.6) is 0 Å². The molecule has 0 amide bonds. The van der Waals surface area contributed by atoms with Gasteiger partial charge in [-0.2, -0.15) is 8.42 Å². The third-order valence-electron chi connectivity index (χ3n) is 10.5. The monoisotopic (exact) mass is 847 g/mol. The molecule has 0 aromatic rings. The first-order valence-electron chi connectivity index (χ1n) is 22.9. The molecule has 0 aliphatic carbocycles. The molecule has 0 aromatic carbocycles. The molecule has 1 saturated heterocycles. The molecule has 13 heteroatoms. The van der Waals surface area contributed by atoms with Crippen molar-refractivity contribution in [3.8, 4) is 0 Å². The summed E-state index contributed by atoms with van der Waals surface area (Å²) in [5, 5.41) is 30.8. The van der Waals surface area contributed by atoms with Gasteiger partial charge < -0.3 is 34.3 Å². The molecule has 0 saturated carbocycles. The minimum Gasteiger partial charge on any atom is -0.462 e. The van der Waals surface area contributed by atoms with Gasteiger partial charge in [0.05, 0.1) is 6.61 Å². The van der Waals surface area contributed by atoms with Gasteiger partial charge in [-0.15, -0.1) is 0 Å². The van der Waals surface area contributed by atoms with E-state index >= 15 is 0 Å². The van der Waals surface area contributed by atoms with Crippen molar-refractivity contribution in [2.75, 3.05) is 19.0 Å². The zero-order valence-corrected chi connectivity index (χ0v) is 37.0. The van der Waals surface area contributed by atoms with Gasteiger partial charge in [0.25, 0.3) is 10.1 Å². The number of carbonyl (C=O) groups excluding carboxylic acids is 2. The molecule has 12 nitrogen and oxygen atoms in total. The van der Waals surface area contributed by atoms with Crippen LogP contribution in [-0.4, -0.2) is 96.0 Å². The van der Waals surface area contributed by atoms with E-state index in [0.29, 0.717) is 12.8 Å². The van der Waals surface area contributed by atoms with Crippen LogP contribution in [0.2, 0.25) is 0 Å². The predicted octanol–water partition coefficient (Wildman–Crippen LogP) is 9.23. The van der Waals surface area contributed by atoms with Gasteiger partial charge in [0.2, 0.25) is 0 Å². The van der Waals surface area contributed by atoms with Gasteiger partial charge in [-0.05, 0) is 44.9 Å². The molecule has 58 heavy (non-hydrogen) atoms. The molecular formula is C45H82O12S. The summed E-state index contributed by atoms with van der Waals surface area (Å²) in [5.41, 5.74) is 0. The Labute approximate surface area is 351 Å². The molecule has 0 bridgehead atoms. The van der Waals surface area contributed by atoms with Crippen LogP contribution in [0, 0.1) is 0 Å². The summed E-state index contributed by atoms with van der Waals surface area (Å²) in [6.07, 6.45) is 29.5. The van der Waals surface area contributed by atoms with Gasteiger partial charge >= 0.3 is 11.9 Å². The van der Waals surface area contributed by atoms with E-state index in [4.69, 9.17) is 18.9 Å². The van der Waals surface area contributed by atoms with Gasteiger partial charge in [0.1, 0.15) is 36.8 Å². The molecule has 1 aliphatic heterocycles. The highest BCUT2D eigenvalue weighted by Gasteiger charge is 2.46. The normalized spacial score (nSPS) is 20.6. The Morgan fingerprint density at radius 3 is 1.52 bits per heavy atom. The van der Waals surface area contributed by atoms with E-state index < -0.39 is 71.2 Å². The minimum absolute atomic E-state index is 0.162. The summed E-state index contributed by atoms with van der Waals surface area (Å²) in [4.78, 5) is 25.3. The number of hydrogen-bond acceptors (Lipinski definition) is 11. The Hall–Kier alpha value is -1.87. The molecule has 340 valence electrons. The second-order valence-corrected chi connectivity index (χ2v) is 17.6. The van der Waals surface area contributed by atoms with Crippen LogP contribution in [0.3, 0.4) is 0 Å². The standard InChI is InChI=1S/C45H82O12S/c1-3-5-7-9-11-13-14-15-16-17-18-19-20-21-22-23-24-26-28-30-32-34-41(47)56-38(35-54-40(46)33-31-29-27-25-12-10-8-6-4-2)36-55-45-44(50)43(49)42(48)39(57-45)37-58(51,52)53/h14-15,17-18,38-39,42-45,48-50H,3-13,16,19-37H2,1-2H3,(H,51,52,53)/b15-14-,18-17-. The van der Waals surface area contributed by atoms with Crippen molar-refractivity contribution >= 4 is 22.1 Å². The van der Waals surface area contributed by atoms with Gasteiger partial charge in [-0.1, -0.05) is 160 Å². The molecule has 6 atom stereocenters. The molecule has 0 radical (unpaired) electrons. The highest BCUT2D eigenvalue weighted by atomic mass is 32.2. The highest BCUT2D eigenvalue weighted by Crippen LogP contribution is 2.24. The van der Waals surface area contributed by atoms with Crippen molar-refractivity contribution in [2.24, 2.45) is 0 Å². The first-order valence-corrected chi connectivity index (χ1v) is 24.5. The number of aliphatic hydroxyl groups is 3. The Morgan fingerprint density at radius 1 is 0.586 bits per heavy atom. The highest BCUT2D eigenvalue weighted by molar-refractivity contribution is 7.85. The first-order chi connectivity index (χ1) is 28.0. The van der Waals surface area contributed by atoms with E-state index in [2.05, 4.69) is 38.2 Å².